The van der Waals surface area contributed by atoms with Gasteiger partial charge < -0.3 is 14.2 Å². The van der Waals surface area contributed by atoms with E-state index in [1.54, 1.807) is 11.8 Å². The number of hydrogen-bond acceptors (Lipinski definition) is 3. The molecule has 5 nitrogen and oxygen atoms in total. The average Bonchev–Trinajstić information content (AvgIpc) is 3.26. The summed E-state index contributed by atoms with van der Waals surface area (Å²) in [5.41, 5.74) is 2.60. The molecule has 0 bridgehead atoms. The van der Waals surface area contributed by atoms with Crippen molar-refractivity contribution in [3.8, 4) is 5.69 Å². The number of benzene rings is 2. The summed E-state index contributed by atoms with van der Waals surface area (Å²) >= 11 is 0. The Morgan fingerprint density at radius 2 is 1.61 bits per heavy atom. The van der Waals surface area contributed by atoms with Crippen LogP contribution in [-0.2, 0) is 16.1 Å². The second-order valence-corrected chi connectivity index (χ2v) is 6.40. The van der Waals surface area contributed by atoms with Crippen LogP contribution in [0.5, 0.6) is 0 Å². The van der Waals surface area contributed by atoms with Crippen LogP contribution in [0.3, 0.4) is 0 Å². The lowest BCUT2D eigenvalue weighted by Gasteiger charge is -2.23. The highest BCUT2D eigenvalue weighted by molar-refractivity contribution is 5.94. The molecule has 1 aromatic heterocycles. The van der Waals surface area contributed by atoms with Gasteiger partial charge in [-0.1, -0.05) is 30.3 Å². The molecule has 2 aromatic carbocycles. The summed E-state index contributed by atoms with van der Waals surface area (Å²) < 4.78 is 6.99. The van der Waals surface area contributed by atoms with E-state index in [1.165, 1.54) is 0 Å². The molecule has 3 aromatic rings. The first-order valence-electron chi connectivity index (χ1n) is 9.39. The van der Waals surface area contributed by atoms with Crippen LogP contribution in [-0.4, -0.2) is 34.5 Å². The molecule has 0 spiro atoms. The molecule has 0 fully saturated rings. The largest absolute Gasteiger partial charge is 0.466 e. The monoisotopic (exact) mass is 376 g/mol. The van der Waals surface area contributed by atoms with E-state index in [9.17, 15) is 9.59 Å². The van der Waals surface area contributed by atoms with Gasteiger partial charge in [0.2, 0.25) is 0 Å². The number of aromatic nitrogens is 1. The molecule has 3 rings (SSSR count). The highest BCUT2D eigenvalue weighted by Gasteiger charge is 2.18. The fourth-order valence-corrected chi connectivity index (χ4v) is 2.98. The van der Waals surface area contributed by atoms with Gasteiger partial charge in [0.1, 0.15) is 0 Å². The van der Waals surface area contributed by atoms with Crippen LogP contribution >= 0.6 is 0 Å². The van der Waals surface area contributed by atoms with E-state index in [-0.39, 0.29) is 18.3 Å². The Bertz CT molecular complexity index is 887. The normalized spacial score (nSPS) is 10.5. The lowest BCUT2D eigenvalue weighted by Crippen LogP contribution is -2.33. The zero-order chi connectivity index (χ0) is 19.8. The number of ether oxygens (including phenoxy) is 1. The van der Waals surface area contributed by atoms with Crippen molar-refractivity contribution < 1.29 is 14.3 Å². The maximum absolute atomic E-state index is 13.1. The molecule has 0 aliphatic rings. The molecule has 0 aliphatic heterocycles. The minimum absolute atomic E-state index is 0.104. The quantitative estimate of drug-likeness (QED) is 0.557. The summed E-state index contributed by atoms with van der Waals surface area (Å²) in [6.07, 6.45) is 4.09. The van der Waals surface area contributed by atoms with Crippen molar-refractivity contribution in [3.05, 3.63) is 90.3 Å². The van der Waals surface area contributed by atoms with E-state index in [4.69, 9.17) is 4.74 Å². The van der Waals surface area contributed by atoms with Crippen molar-refractivity contribution in [2.75, 3.05) is 13.2 Å². The lowest BCUT2D eigenvalue weighted by molar-refractivity contribution is -0.143. The van der Waals surface area contributed by atoms with Crippen LogP contribution in [0.4, 0.5) is 0 Å². The molecule has 0 aliphatic carbocycles. The average molecular weight is 376 g/mol. The van der Waals surface area contributed by atoms with Crippen molar-refractivity contribution in [1.29, 1.82) is 0 Å². The highest BCUT2D eigenvalue weighted by atomic mass is 16.5. The Kier molecular flexibility index (Phi) is 6.63. The first-order valence-corrected chi connectivity index (χ1v) is 9.39. The van der Waals surface area contributed by atoms with Gasteiger partial charge in [-0.2, -0.15) is 0 Å². The number of carbonyl (C=O) groups excluding carboxylic acids is 2. The standard InChI is InChI=1S/C23H24N2O3/c1-2-28-22(26)14-17-25(18-19-8-4-3-5-9-19)23(27)20-10-12-21(13-11-20)24-15-6-7-16-24/h3-13,15-16H,2,14,17-18H2,1H3. The van der Waals surface area contributed by atoms with Gasteiger partial charge in [0.05, 0.1) is 13.0 Å². The molecule has 0 saturated carbocycles. The van der Waals surface area contributed by atoms with Gasteiger partial charge in [0, 0.05) is 36.7 Å². The van der Waals surface area contributed by atoms with Crippen LogP contribution in [0, 0.1) is 0 Å². The van der Waals surface area contributed by atoms with E-state index in [0.717, 1.165) is 11.3 Å². The van der Waals surface area contributed by atoms with Gasteiger partial charge in [-0.25, -0.2) is 0 Å². The number of esters is 1. The SMILES string of the molecule is CCOC(=O)CCN(Cc1ccccc1)C(=O)c1ccc(-n2cccc2)cc1. The zero-order valence-corrected chi connectivity index (χ0v) is 16.0. The molecule has 0 unspecified atom stereocenters. The lowest BCUT2D eigenvalue weighted by atomic mass is 10.1. The molecular weight excluding hydrogens is 352 g/mol. The number of hydrogen-bond donors (Lipinski definition) is 0. The van der Waals surface area contributed by atoms with E-state index in [2.05, 4.69) is 0 Å². The van der Waals surface area contributed by atoms with Gasteiger partial charge in [-0.3, -0.25) is 9.59 Å². The number of nitrogens with zero attached hydrogens (tertiary/aromatic N) is 2. The van der Waals surface area contributed by atoms with Gasteiger partial charge in [-0.05, 0) is 48.9 Å². The molecule has 0 N–H and O–H groups in total. The van der Waals surface area contributed by atoms with E-state index in [0.29, 0.717) is 25.3 Å². The predicted molar refractivity (Wildman–Crippen MR) is 108 cm³/mol. The molecule has 144 valence electrons. The topological polar surface area (TPSA) is 51.5 Å². The van der Waals surface area contributed by atoms with E-state index in [1.807, 2.05) is 83.7 Å². The zero-order valence-electron chi connectivity index (χ0n) is 16.0. The summed E-state index contributed by atoms with van der Waals surface area (Å²) in [6, 6.07) is 21.1. The molecule has 1 amide bonds. The molecular formula is C23H24N2O3. The number of carbonyl (C=O) groups is 2. The van der Waals surface area contributed by atoms with Crippen LogP contribution in [0.2, 0.25) is 0 Å². The second kappa shape index (κ2) is 9.55. The third-order valence-corrected chi connectivity index (χ3v) is 4.41. The highest BCUT2D eigenvalue weighted by Crippen LogP contribution is 2.14. The first kappa shape index (κ1) is 19.4. The van der Waals surface area contributed by atoms with Crippen molar-refractivity contribution in [1.82, 2.24) is 9.47 Å². The first-order chi connectivity index (χ1) is 13.7. The van der Waals surface area contributed by atoms with Gasteiger partial charge in [0.25, 0.3) is 5.91 Å². The van der Waals surface area contributed by atoms with Gasteiger partial charge in [-0.15, -0.1) is 0 Å². The van der Waals surface area contributed by atoms with Gasteiger partial charge in [0.15, 0.2) is 0 Å². The Hall–Kier alpha value is -3.34. The van der Waals surface area contributed by atoms with Crippen LogP contribution in [0.1, 0.15) is 29.3 Å². The van der Waals surface area contributed by atoms with Crippen molar-refractivity contribution in [3.63, 3.8) is 0 Å². The van der Waals surface area contributed by atoms with E-state index >= 15 is 0 Å². The molecule has 0 saturated heterocycles. The maximum Gasteiger partial charge on any atom is 0.307 e. The van der Waals surface area contributed by atoms with Crippen LogP contribution in [0.15, 0.2) is 79.1 Å². The summed E-state index contributed by atoms with van der Waals surface area (Å²) in [5, 5.41) is 0. The third kappa shape index (κ3) is 5.10. The second-order valence-electron chi connectivity index (χ2n) is 6.40. The third-order valence-electron chi connectivity index (χ3n) is 4.41. The summed E-state index contributed by atoms with van der Waals surface area (Å²) in [5.74, 6) is -0.400. The van der Waals surface area contributed by atoms with Crippen LogP contribution < -0.4 is 0 Å². The van der Waals surface area contributed by atoms with Gasteiger partial charge >= 0.3 is 5.97 Å². The van der Waals surface area contributed by atoms with E-state index < -0.39 is 0 Å². The fraction of sp³-hybridized carbons (Fsp3) is 0.217. The van der Waals surface area contributed by atoms with Crippen molar-refractivity contribution >= 4 is 11.9 Å². The summed E-state index contributed by atoms with van der Waals surface area (Å²) in [4.78, 5) is 26.5. The fourth-order valence-electron chi connectivity index (χ4n) is 2.98. The number of amides is 1. The molecule has 28 heavy (non-hydrogen) atoms. The Labute approximate surface area is 165 Å². The summed E-state index contributed by atoms with van der Waals surface area (Å²) in [6.45, 7) is 2.87. The van der Waals surface area contributed by atoms with Crippen LogP contribution in [0.25, 0.3) is 5.69 Å². The summed E-state index contributed by atoms with van der Waals surface area (Å²) in [7, 11) is 0. The Morgan fingerprint density at radius 1 is 0.929 bits per heavy atom. The molecule has 0 atom stereocenters. The smallest absolute Gasteiger partial charge is 0.307 e. The minimum atomic E-state index is -0.295. The molecule has 5 heteroatoms. The van der Waals surface area contributed by atoms with Crippen molar-refractivity contribution in [2.45, 2.75) is 19.9 Å². The number of rotatable bonds is 8. The predicted octanol–water partition coefficient (Wildman–Crippen LogP) is 4.07. The Morgan fingerprint density at radius 3 is 2.25 bits per heavy atom. The van der Waals surface area contributed by atoms with Crippen molar-refractivity contribution in [2.24, 2.45) is 0 Å². The minimum Gasteiger partial charge on any atom is -0.466 e. The molecule has 0 radical (unpaired) electrons. The molecule has 1 heterocycles. The maximum atomic E-state index is 13.1. The Balaban J connectivity index is 1.75.